The van der Waals surface area contributed by atoms with Crippen LogP contribution < -0.4 is 0 Å². The Morgan fingerprint density at radius 2 is 1.04 bits per heavy atom. The van der Waals surface area contributed by atoms with Crippen molar-refractivity contribution in [3.05, 3.63) is 107 Å². The minimum absolute atomic E-state index is 0.202. The van der Waals surface area contributed by atoms with E-state index in [0.29, 0.717) is 0 Å². The topological polar surface area (TPSA) is 74.6 Å². The number of rotatable bonds is 5. The van der Waals surface area contributed by atoms with Crippen molar-refractivity contribution in [2.75, 3.05) is 0 Å². The van der Waals surface area contributed by atoms with Gasteiger partial charge in [0.05, 0.1) is 11.1 Å². The van der Waals surface area contributed by atoms with Gasteiger partial charge in [-0.1, -0.05) is 54.6 Å². The summed E-state index contributed by atoms with van der Waals surface area (Å²) in [6.07, 6.45) is 0. The molecule has 124 valence electrons. The molecule has 4 nitrogen and oxygen atoms in total. The number of hydrogen-bond donors (Lipinski definition) is 2. The van der Waals surface area contributed by atoms with Gasteiger partial charge < -0.3 is 10.2 Å². The maximum atomic E-state index is 11.3. The van der Waals surface area contributed by atoms with Gasteiger partial charge in [-0.15, -0.1) is 0 Å². The number of hydrogen-bond acceptors (Lipinski definition) is 2. The van der Waals surface area contributed by atoms with Gasteiger partial charge in [0.2, 0.25) is 0 Å². The van der Waals surface area contributed by atoms with Crippen LogP contribution in [0.5, 0.6) is 0 Å². The molecule has 0 bridgehead atoms. The van der Waals surface area contributed by atoms with Gasteiger partial charge in [-0.2, -0.15) is 0 Å². The molecule has 0 atom stereocenters. The number of carbonyl (C=O) groups is 2. The molecule has 2 N–H and O–H groups in total. The van der Waals surface area contributed by atoms with Gasteiger partial charge in [0.1, 0.15) is 0 Å². The Morgan fingerprint density at radius 3 is 1.48 bits per heavy atom. The first-order valence-electron chi connectivity index (χ1n) is 7.77. The average Bonchev–Trinajstić information content (AvgIpc) is 2.63. The van der Waals surface area contributed by atoms with Crippen molar-refractivity contribution in [3.63, 3.8) is 0 Å². The van der Waals surface area contributed by atoms with Crippen molar-refractivity contribution in [3.8, 4) is 0 Å². The molecule has 3 aromatic carbocycles. The zero-order valence-corrected chi connectivity index (χ0v) is 13.3. The third-order valence-electron chi connectivity index (χ3n) is 4.07. The Hall–Kier alpha value is -3.40. The minimum Gasteiger partial charge on any atom is -0.478 e. The van der Waals surface area contributed by atoms with Crippen molar-refractivity contribution >= 4 is 11.9 Å². The van der Waals surface area contributed by atoms with Crippen molar-refractivity contribution in [1.82, 2.24) is 0 Å². The maximum absolute atomic E-state index is 11.3. The smallest absolute Gasteiger partial charge is 0.335 e. The van der Waals surface area contributed by atoms with Crippen LogP contribution in [0.2, 0.25) is 0 Å². The zero-order valence-electron chi connectivity index (χ0n) is 13.3. The van der Waals surface area contributed by atoms with Crippen molar-refractivity contribution in [2.45, 2.75) is 5.92 Å². The summed E-state index contributed by atoms with van der Waals surface area (Å²) < 4.78 is 0. The lowest BCUT2D eigenvalue weighted by Gasteiger charge is -2.19. The van der Waals surface area contributed by atoms with Crippen molar-refractivity contribution < 1.29 is 19.8 Å². The molecule has 0 radical (unpaired) electrons. The third kappa shape index (κ3) is 3.58. The van der Waals surface area contributed by atoms with Gasteiger partial charge in [0.25, 0.3) is 0 Å². The number of carboxylic acids is 2. The van der Waals surface area contributed by atoms with Crippen molar-refractivity contribution in [1.29, 1.82) is 0 Å². The number of benzene rings is 3. The molecular formula is C21H16O4. The van der Waals surface area contributed by atoms with Crippen LogP contribution in [0.3, 0.4) is 0 Å². The quantitative estimate of drug-likeness (QED) is 0.685. The number of aromatic carboxylic acids is 2. The summed E-state index contributed by atoms with van der Waals surface area (Å²) in [5, 5.41) is 18.5. The minimum atomic E-state index is -0.993. The second-order valence-corrected chi connectivity index (χ2v) is 5.70. The van der Waals surface area contributed by atoms with Gasteiger partial charge in [-0.25, -0.2) is 9.59 Å². The first kappa shape index (κ1) is 16.5. The van der Waals surface area contributed by atoms with Crippen LogP contribution in [-0.4, -0.2) is 22.2 Å². The lowest BCUT2D eigenvalue weighted by atomic mass is 9.84. The van der Waals surface area contributed by atoms with Crippen LogP contribution in [0.1, 0.15) is 43.3 Å². The molecule has 0 unspecified atom stereocenters. The summed E-state index contributed by atoms with van der Waals surface area (Å²) in [5.74, 6) is -2.24. The first-order chi connectivity index (χ1) is 12.1. The standard InChI is InChI=1S/C21H16O4/c22-20(23)17-10-4-8-15(12-17)19(14-6-2-1-3-7-14)16-9-5-11-18(13-16)21(24)25/h1-13,19H,(H,22,23)(H,24,25). The predicted octanol–water partition coefficient (Wildman–Crippen LogP) is 4.26. The van der Waals surface area contributed by atoms with Gasteiger partial charge in [-0.3, -0.25) is 0 Å². The van der Waals surface area contributed by atoms with Gasteiger partial charge in [0.15, 0.2) is 0 Å². The first-order valence-corrected chi connectivity index (χ1v) is 7.77. The highest BCUT2D eigenvalue weighted by atomic mass is 16.4. The SMILES string of the molecule is O=C(O)c1cccc(C(c2ccccc2)c2cccc(C(=O)O)c2)c1. The van der Waals surface area contributed by atoms with E-state index in [1.807, 2.05) is 42.5 Å². The van der Waals surface area contributed by atoms with Gasteiger partial charge in [-0.05, 0) is 41.0 Å². The molecule has 0 fully saturated rings. The molecule has 0 aliphatic heterocycles. The molecule has 0 saturated carbocycles. The van der Waals surface area contributed by atoms with Gasteiger partial charge in [0, 0.05) is 5.92 Å². The highest BCUT2D eigenvalue weighted by Gasteiger charge is 2.19. The fourth-order valence-corrected chi connectivity index (χ4v) is 2.93. The Balaban J connectivity index is 2.17. The van der Waals surface area contributed by atoms with E-state index in [0.717, 1.165) is 16.7 Å². The Labute approximate surface area is 145 Å². The van der Waals surface area contributed by atoms with Crippen LogP contribution in [0.15, 0.2) is 78.9 Å². The van der Waals surface area contributed by atoms with E-state index < -0.39 is 11.9 Å². The molecule has 0 aliphatic carbocycles. The lowest BCUT2D eigenvalue weighted by molar-refractivity contribution is 0.0686. The highest BCUT2D eigenvalue weighted by Crippen LogP contribution is 2.32. The second-order valence-electron chi connectivity index (χ2n) is 5.70. The van der Waals surface area contributed by atoms with Crippen LogP contribution >= 0.6 is 0 Å². The molecular weight excluding hydrogens is 316 g/mol. The van der Waals surface area contributed by atoms with Gasteiger partial charge >= 0.3 is 11.9 Å². The van der Waals surface area contributed by atoms with E-state index in [-0.39, 0.29) is 17.0 Å². The van der Waals surface area contributed by atoms with E-state index in [2.05, 4.69) is 0 Å². The molecule has 0 aliphatic rings. The molecule has 0 saturated heterocycles. The summed E-state index contributed by atoms with van der Waals surface area (Å²) in [4.78, 5) is 22.6. The Bertz CT molecular complexity index is 858. The maximum Gasteiger partial charge on any atom is 0.335 e. The summed E-state index contributed by atoms with van der Waals surface area (Å²) in [6, 6.07) is 23.1. The highest BCUT2D eigenvalue weighted by molar-refractivity contribution is 5.88. The molecule has 0 aromatic heterocycles. The van der Waals surface area contributed by atoms with Crippen LogP contribution in [-0.2, 0) is 0 Å². The fraction of sp³-hybridized carbons (Fsp3) is 0.0476. The summed E-state index contributed by atoms with van der Waals surface area (Å²) >= 11 is 0. The van der Waals surface area contributed by atoms with Crippen molar-refractivity contribution in [2.24, 2.45) is 0 Å². The molecule has 3 rings (SSSR count). The average molecular weight is 332 g/mol. The molecule has 0 spiro atoms. The van der Waals surface area contributed by atoms with E-state index in [4.69, 9.17) is 0 Å². The predicted molar refractivity (Wildman–Crippen MR) is 94.2 cm³/mol. The Morgan fingerprint density at radius 1 is 0.600 bits per heavy atom. The molecule has 4 heteroatoms. The molecule has 25 heavy (non-hydrogen) atoms. The summed E-state index contributed by atoms with van der Waals surface area (Å²) in [7, 11) is 0. The van der Waals surface area contributed by atoms with E-state index in [1.54, 1.807) is 36.4 Å². The van der Waals surface area contributed by atoms with Crippen LogP contribution in [0.25, 0.3) is 0 Å². The number of carboxylic acid groups (broad SMARTS) is 2. The van der Waals surface area contributed by atoms with Crippen LogP contribution in [0, 0.1) is 0 Å². The van der Waals surface area contributed by atoms with E-state index in [1.165, 1.54) is 0 Å². The molecule has 3 aromatic rings. The lowest BCUT2D eigenvalue weighted by Crippen LogP contribution is -2.07. The molecule has 0 heterocycles. The van der Waals surface area contributed by atoms with Crippen LogP contribution in [0.4, 0.5) is 0 Å². The van der Waals surface area contributed by atoms with E-state index >= 15 is 0 Å². The largest absolute Gasteiger partial charge is 0.478 e. The zero-order chi connectivity index (χ0) is 17.8. The normalized spacial score (nSPS) is 10.6. The Kier molecular flexibility index (Phi) is 4.61. The van der Waals surface area contributed by atoms with E-state index in [9.17, 15) is 19.8 Å². The molecule has 0 amide bonds. The fourth-order valence-electron chi connectivity index (χ4n) is 2.93. The summed E-state index contributed by atoms with van der Waals surface area (Å²) in [5.41, 5.74) is 2.97. The monoisotopic (exact) mass is 332 g/mol. The second kappa shape index (κ2) is 7.01. The summed E-state index contributed by atoms with van der Waals surface area (Å²) in [6.45, 7) is 0. The third-order valence-corrected chi connectivity index (χ3v) is 4.07.